The lowest BCUT2D eigenvalue weighted by molar-refractivity contribution is 0.469. The molecule has 1 aromatic carbocycles. The second-order valence-electron chi connectivity index (χ2n) is 5.45. The molecule has 106 valence electrons. The first-order valence-electron chi connectivity index (χ1n) is 6.72. The molecule has 19 heavy (non-hydrogen) atoms. The Bertz CT molecular complexity index is 555. The molecule has 0 spiro atoms. The number of nitrogens with two attached hydrogens (primary N) is 1. The summed E-state index contributed by atoms with van der Waals surface area (Å²) in [5.74, 6) is 0.265. The molecule has 2 atom stereocenters. The van der Waals surface area contributed by atoms with Crippen LogP contribution in [0.15, 0.2) is 23.1 Å². The van der Waals surface area contributed by atoms with Crippen molar-refractivity contribution < 1.29 is 8.42 Å². The Morgan fingerprint density at radius 3 is 2.58 bits per heavy atom. The lowest BCUT2D eigenvalue weighted by Gasteiger charge is -2.16. The Kier molecular flexibility index (Phi) is 4.28. The Morgan fingerprint density at radius 1 is 1.26 bits per heavy atom. The van der Waals surface area contributed by atoms with E-state index in [0.29, 0.717) is 11.4 Å². The summed E-state index contributed by atoms with van der Waals surface area (Å²) in [5, 5.41) is 0. The highest BCUT2D eigenvalue weighted by Gasteiger charge is 2.25. The van der Waals surface area contributed by atoms with Crippen LogP contribution in [0.25, 0.3) is 0 Å². The first-order chi connectivity index (χ1) is 8.90. The van der Waals surface area contributed by atoms with E-state index < -0.39 is 10.0 Å². The van der Waals surface area contributed by atoms with Gasteiger partial charge in [-0.3, -0.25) is 0 Å². The van der Waals surface area contributed by atoms with E-state index in [-0.39, 0.29) is 12.0 Å². The summed E-state index contributed by atoms with van der Waals surface area (Å²) in [6.45, 7) is 4.33. The zero-order valence-corrected chi connectivity index (χ0v) is 12.3. The van der Waals surface area contributed by atoms with Crippen LogP contribution in [0.1, 0.15) is 30.4 Å². The predicted octanol–water partition coefficient (Wildman–Crippen LogP) is 1.71. The molecule has 0 amide bonds. The number of sulfonamides is 1. The number of nitrogens with one attached hydrogen (secondary N) is 1. The summed E-state index contributed by atoms with van der Waals surface area (Å²) in [5.41, 5.74) is 8.04. The van der Waals surface area contributed by atoms with Crippen molar-refractivity contribution in [3.63, 3.8) is 0 Å². The molecule has 0 saturated heterocycles. The van der Waals surface area contributed by atoms with Gasteiger partial charge < -0.3 is 5.73 Å². The molecule has 3 N–H and O–H groups in total. The summed E-state index contributed by atoms with van der Waals surface area (Å²) in [7, 11) is -3.42. The molecule has 1 saturated carbocycles. The molecule has 0 heterocycles. The van der Waals surface area contributed by atoms with E-state index in [1.165, 1.54) is 0 Å². The van der Waals surface area contributed by atoms with Gasteiger partial charge in [0.25, 0.3) is 0 Å². The van der Waals surface area contributed by atoms with Gasteiger partial charge in [0.2, 0.25) is 10.0 Å². The van der Waals surface area contributed by atoms with Crippen LogP contribution in [0, 0.1) is 19.8 Å². The zero-order chi connectivity index (χ0) is 14.0. The van der Waals surface area contributed by atoms with Gasteiger partial charge in [-0.15, -0.1) is 0 Å². The molecule has 4 nitrogen and oxygen atoms in total. The molecule has 1 aromatic rings. The van der Waals surface area contributed by atoms with Crippen LogP contribution < -0.4 is 10.5 Å². The van der Waals surface area contributed by atoms with Crippen molar-refractivity contribution in [2.75, 3.05) is 6.54 Å². The largest absolute Gasteiger partial charge is 0.327 e. The molecule has 2 unspecified atom stereocenters. The van der Waals surface area contributed by atoms with Gasteiger partial charge in [0.15, 0.2) is 0 Å². The molecule has 0 bridgehead atoms. The summed E-state index contributed by atoms with van der Waals surface area (Å²) >= 11 is 0. The van der Waals surface area contributed by atoms with Crippen molar-refractivity contribution >= 4 is 10.0 Å². The maximum atomic E-state index is 12.2. The molecular weight excluding hydrogens is 260 g/mol. The summed E-state index contributed by atoms with van der Waals surface area (Å²) in [6.07, 6.45) is 3.10. The van der Waals surface area contributed by atoms with Gasteiger partial charge in [-0.2, -0.15) is 0 Å². The molecule has 0 aliphatic heterocycles. The summed E-state index contributed by atoms with van der Waals surface area (Å²) in [4.78, 5) is 0.335. The smallest absolute Gasteiger partial charge is 0.240 e. The monoisotopic (exact) mass is 282 g/mol. The number of rotatable bonds is 4. The first kappa shape index (κ1) is 14.5. The van der Waals surface area contributed by atoms with Gasteiger partial charge in [-0.1, -0.05) is 12.5 Å². The van der Waals surface area contributed by atoms with Gasteiger partial charge in [0.1, 0.15) is 0 Å². The number of benzene rings is 1. The fourth-order valence-electron chi connectivity index (χ4n) is 2.50. The van der Waals surface area contributed by atoms with Crippen LogP contribution >= 0.6 is 0 Å². The Morgan fingerprint density at radius 2 is 2.00 bits per heavy atom. The van der Waals surface area contributed by atoms with E-state index in [1.54, 1.807) is 12.1 Å². The van der Waals surface area contributed by atoms with E-state index in [1.807, 2.05) is 19.9 Å². The number of hydrogen-bond acceptors (Lipinski definition) is 3. The van der Waals surface area contributed by atoms with Gasteiger partial charge in [0, 0.05) is 12.6 Å². The molecule has 1 aliphatic carbocycles. The van der Waals surface area contributed by atoms with Crippen molar-refractivity contribution in [3.05, 3.63) is 29.3 Å². The van der Waals surface area contributed by atoms with Crippen LogP contribution in [0.2, 0.25) is 0 Å². The van der Waals surface area contributed by atoms with Crippen LogP contribution in [0.5, 0.6) is 0 Å². The first-order valence-corrected chi connectivity index (χ1v) is 8.21. The maximum absolute atomic E-state index is 12.2. The second-order valence-corrected chi connectivity index (χ2v) is 7.22. The zero-order valence-electron chi connectivity index (χ0n) is 11.5. The average Bonchev–Trinajstić information content (AvgIpc) is 2.76. The Labute approximate surface area is 115 Å². The molecule has 0 radical (unpaired) electrons. The van der Waals surface area contributed by atoms with Gasteiger partial charge >= 0.3 is 0 Å². The van der Waals surface area contributed by atoms with Crippen molar-refractivity contribution in [2.24, 2.45) is 11.7 Å². The van der Waals surface area contributed by atoms with Gasteiger partial charge in [-0.25, -0.2) is 13.1 Å². The van der Waals surface area contributed by atoms with Crippen molar-refractivity contribution in [3.8, 4) is 0 Å². The van der Waals surface area contributed by atoms with E-state index in [2.05, 4.69) is 4.72 Å². The van der Waals surface area contributed by atoms with Crippen LogP contribution in [-0.2, 0) is 10.0 Å². The summed E-state index contributed by atoms with van der Waals surface area (Å²) < 4.78 is 27.1. The highest BCUT2D eigenvalue weighted by Crippen LogP contribution is 2.23. The van der Waals surface area contributed by atoms with Crippen molar-refractivity contribution in [1.82, 2.24) is 4.72 Å². The normalized spacial score (nSPS) is 23.7. The fraction of sp³-hybridized carbons (Fsp3) is 0.571. The quantitative estimate of drug-likeness (QED) is 0.883. The third-order valence-electron chi connectivity index (χ3n) is 4.04. The predicted molar refractivity (Wildman–Crippen MR) is 76.4 cm³/mol. The molecule has 0 aromatic heterocycles. The third-order valence-corrected chi connectivity index (χ3v) is 5.46. The standard InChI is InChI=1S/C14H22N2O2S/c1-10-6-7-13(8-11(10)2)19(17,18)16-9-12-4-3-5-14(12)15/h6-8,12,14,16H,3-5,9,15H2,1-2H3. The van der Waals surface area contributed by atoms with E-state index >= 15 is 0 Å². The molecule has 2 rings (SSSR count). The van der Waals surface area contributed by atoms with Crippen LogP contribution in [0.4, 0.5) is 0 Å². The Hall–Kier alpha value is -0.910. The molecule has 1 aliphatic rings. The average molecular weight is 282 g/mol. The second kappa shape index (κ2) is 5.61. The minimum absolute atomic E-state index is 0.127. The lowest BCUT2D eigenvalue weighted by atomic mass is 10.1. The highest BCUT2D eigenvalue weighted by molar-refractivity contribution is 7.89. The van der Waals surface area contributed by atoms with Gasteiger partial charge in [0.05, 0.1) is 4.90 Å². The minimum atomic E-state index is -3.42. The lowest BCUT2D eigenvalue weighted by Crippen LogP contribution is -2.36. The van der Waals surface area contributed by atoms with E-state index in [4.69, 9.17) is 5.73 Å². The maximum Gasteiger partial charge on any atom is 0.240 e. The van der Waals surface area contributed by atoms with Crippen molar-refractivity contribution in [1.29, 1.82) is 0 Å². The topological polar surface area (TPSA) is 72.2 Å². The number of aryl methyl sites for hydroxylation is 2. The van der Waals surface area contributed by atoms with Crippen LogP contribution in [0.3, 0.4) is 0 Å². The van der Waals surface area contributed by atoms with Crippen molar-refractivity contribution in [2.45, 2.75) is 44.0 Å². The minimum Gasteiger partial charge on any atom is -0.327 e. The van der Waals surface area contributed by atoms with E-state index in [9.17, 15) is 8.42 Å². The SMILES string of the molecule is Cc1ccc(S(=O)(=O)NCC2CCCC2N)cc1C. The third kappa shape index (κ3) is 3.35. The highest BCUT2D eigenvalue weighted by atomic mass is 32.2. The molecule has 1 fully saturated rings. The molecule has 5 heteroatoms. The van der Waals surface area contributed by atoms with E-state index in [0.717, 1.165) is 30.4 Å². The summed E-state index contributed by atoms with van der Waals surface area (Å²) in [6, 6.07) is 5.33. The molecular formula is C14H22N2O2S. The Balaban J connectivity index is 2.07. The van der Waals surface area contributed by atoms with Gasteiger partial charge in [-0.05, 0) is 55.9 Å². The number of hydrogen-bond donors (Lipinski definition) is 2. The van der Waals surface area contributed by atoms with Crippen LogP contribution in [-0.4, -0.2) is 21.0 Å². The fourth-order valence-corrected chi connectivity index (χ4v) is 3.68.